The van der Waals surface area contributed by atoms with Gasteiger partial charge in [0, 0.05) is 30.9 Å². The van der Waals surface area contributed by atoms with Gasteiger partial charge in [0.2, 0.25) is 0 Å². The number of nitrogens with one attached hydrogen (secondary N) is 1. The Balaban J connectivity index is 1.91. The number of aliphatic hydroxyl groups is 1. The second kappa shape index (κ2) is 5.63. The number of thioether (sulfide) groups is 1. The molecule has 2 N–H and O–H groups in total. The Morgan fingerprint density at radius 3 is 2.78 bits per heavy atom. The maximum atomic E-state index is 10.4. The van der Waals surface area contributed by atoms with Crippen molar-refractivity contribution in [3.63, 3.8) is 0 Å². The van der Waals surface area contributed by atoms with Crippen molar-refractivity contribution in [2.24, 2.45) is 7.05 Å². The van der Waals surface area contributed by atoms with E-state index in [9.17, 15) is 5.11 Å². The minimum atomic E-state index is -0.518. The Labute approximate surface area is 113 Å². The highest BCUT2D eigenvalue weighted by Crippen LogP contribution is 2.27. The summed E-state index contributed by atoms with van der Waals surface area (Å²) in [5.74, 6) is 2.14. The molecule has 0 aliphatic carbocycles. The highest BCUT2D eigenvalue weighted by Gasteiger charge is 2.29. The zero-order valence-electron chi connectivity index (χ0n) is 11.4. The first kappa shape index (κ1) is 13.9. The number of aryl methyl sites for hydroxylation is 1. The Morgan fingerprint density at radius 2 is 2.22 bits per heavy atom. The second-order valence-electron chi connectivity index (χ2n) is 5.25. The van der Waals surface area contributed by atoms with Gasteiger partial charge in [-0.3, -0.25) is 4.68 Å². The van der Waals surface area contributed by atoms with E-state index in [1.54, 1.807) is 0 Å². The lowest BCUT2D eigenvalue weighted by atomic mass is 9.96. The molecule has 1 aliphatic rings. The minimum Gasteiger partial charge on any atom is -0.389 e. The Kier molecular flexibility index (Phi) is 4.35. The molecule has 2 heterocycles. The molecule has 1 aromatic rings. The molecule has 4 nitrogen and oxygen atoms in total. The highest BCUT2D eigenvalue weighted by atomic mass is 32.2. The molecule has 0 radical (unpaired) electrons. The molecule has 0 amide bonds. The predicted molar refractivity (Wildman–Crippen MR) is 75.9 cm³/mol. The molecule has 1 saturated heterocycles. The smallest absolute Gasteiger partial charge is 0.0787 e. The molecule has 0 saturated carbocycles. The van der Waals surface area contributed by atoms with Crippen LogP contribution in [0.4, 0.5) is 0 Å². The number of hydrogen-bond acceptors (Lipinski definition) is 4. The maximum Gasteiger partial charge on any atom is 0.0787 e. The van der Waals surface area contributed by atoms with Gasteiger partial charge in [-0.2, -0.15) is 16.9 Å². The summed E-state index contributed by atoms with van der Waals surface area (Å²) in [5.41, 5.74) is 1.88. The summed E-state index contributed by atoms with van der Waals surface area (Å²) in [6, 6.07) is 0.234. The van der Waals surface area contributed by atoms with Crippen LogP contribution in [0.1, 0.15) is 37.1 Å². The van der Waals surface area contributed by atoms with Crippen LogP contribution in [0.25, 0.3) is 0 Å². The van der Waals surface area contributed by atoms with E-state index in [1.807, 2.05) is 29.7 Å². The first-order chi connectivity index (χ1) is 8.52. The normalized spacial score (nSPS) is 20.9. The quantitative estimate of drug-likeness (QED) is 0.872. The van der Waals surface area contributed by atoms with Crippen LogP contribution in [0.2, 0.25) is 0 Å². The lowest BCUT2D eigenvalue weighted by Gasteiger charge is -2.33. The summed E-state index contributed by atoms with van der Waals surface area (Å²) in [4.78, 5) is 0. The summed E-state index contributed by atoms with van der Waals surface area (Å²) in [6.07, 6.45) is 3.70. The van der Waals surface area contributed by atoms with Gasteiger partial charge in [-0.05, 0) is 38.2 Å². The predicted octanol–water partition coefficient (Wildman–Crippen LogP) is 1.64. The van der Waals surface area contributed by atoms with Crippen molar-refractivity contribution in [2.75, 3.05) is 18.1 Å². The van der Waals surface area contributed by atoms with E-state index in [0.29, 0.717) is 6.54 Å². The number of nitrogens with zero attached hydrogens (tertiary/aromatic N) is 2. The van der Waals surface area contributed by atoms with Crippen LogP contribution in [-0.2, 0) is 7.05 Å². The molecule has 0 spiro atoms. The molecule has 102 valence electrons. The van der Waals surface area contributed by atoms with Crippen molar-refractivity contribution < 1.29 is 5.11 Å². The standard InChI is InChI=1S/C13H23N3OS/c1-10(12-8-15-16(3)11(12)2)14-9-13(17)4-6-18-7-5-13/h8,10,14,17H,4-7,9H2,1-3H3. The number of aromatic nitrogens is 2. The average Bonchev–Trinajstić information content (AvgIpc) is 2.68. The van der Waals surface area contributed by atoms with E-state index in [4.69, 9.17) is 0 Å². The second-order valence-corrected chi connectivity index (χ2v) is 6.47. The van der Waals surface area contributed by atoms with Gasteiger partial charge in [-0.25, -0.2) is 0 Å². The van der Waals surface area contributed by atoms with Gasteiger partial charge >= 0.3 is 0 Å². The monoisotopic (exact) mass is 269 g/mol. The molecule has 0 aromatic carbocycles. The fourth-order valence-electron chi connectivity index (χ4n) is 2.32. The largest absolute Gasteiger partial charge is 0.389 e. The molecule has 1 aromatic heterocycles. The SMILES string of the molecule is Cc1c(C(C)NCC2(O)CCSCC2)cnn1C. The summed E-state index contributed by atoms with van der Waals surface area (Å²) in [7, 11) is 1.96. The van der Waals surface area contributed by atoms with Crippen molar-refractivity contribution in [1.82, 2.24) is 15.1 Å². The zero-order valence-corrected chi connectivity index (χ0v) is 12.3. The van der Waals surface area contributed by atoms with Crippen molar-refractivity contribution in [2.45, 2.75) is 38.3 Å². The maximum absolute atomic E-state index is 10.4. The topological polar surface area (TPSA) is 50.1 Å². The summed E-state index contributed by atoms with van der Waals surface area (Å²) in [6.45, 7) is 4.88. The van der Waals surface area contributed by atoms with Crippen molar-refractivity contribution in [1.29, 1.82) is 0 Å². The van der Waals surface area contributed by atoms with E-state index in [2.05, 4.69) is 24.3 Å². The fourth-order valence-corrected chi connectivity index (χ4v) is 3.57. The van der Waals surface area contributed by atoms with Gasteiger partial charge < -0.3 is 10.4 Å². The summed E-state index contributed by atoms with van der Waals surface area (Å²) >= 11 is 1.93. The van der Waals surface area contributed by atoms with Gasteiger partial charge in [-0.15, -0.1) is 0 Å². The van der Waals surface area contributed by atoms with Gasteiger partial charge in [-0.1, -0.05) is 0 Å². The molecule has 5 heteroatoms. The number of hydrogen-bond donors (Lipinski definition) is 2. The third-order valence-electron chi connectivity index (χ3n) is 3.90. The van der Waals surface area contributed by atoms with Crippen molar-refractivity contribution in [3.05, 3.63) is 17.5 Å². The fraction of sp³-hybridized carbons (Fsp3) is 0.769. The molecule has 18 heavy (non-hydrogen) atoms. The van der Waals surface area contributed by atoms with Crippen LogP contribution in [0, 0.1) is 6.92 Å². The minimum absolute atomic E-state index is 0.234. The van der Waals surface area contributed by atoms with Crippen LogP contribution in [-0.4, -0.2) is 38.5 Å². The molecular weight excluding hydrogens is 246 g/mol. The van der Waals surface area contributed by atoms with E-state index in [-0.39, 0.29) is 6.04 Å². The third kappa shape index (κ3) is 3.08. The Morgan fingerprint density at radius 1 is 1.56 bits per heavy atom. The Bertz CT molecular complexity index is 399. The van der Waals surface area contributed by atoms with E-state index in [0.717, 1.165) is 24.3 Å². The van der Waals surface area contributed by atoms with E-state index >= 15 is 0 Å². The van der Waals surface area contributed by atoms with Crippen LogP contribution in [0.15, 0.2) is 6.20 Å². The first-order valence-electron chi connectivity index (χ1n) is 6.54. The molecule has 1 fully saturated rings. The molecule has 1 aliphatic heterocycles. The van der Waals surface area contributed by atoms with Gasteiger partial charge in [0.1, 0.15) is 0 Å². The van der Waals surface area contributed by atoms with Gasteiger partial charge in [0.05, 0.1) is 11.8 Å². The number of rotatable bonds is 4. The van der Waals surface area contributed by atoms with Crippen molar-refractivity contribution in [3.8, 4) is 0 Å². The molecule has 1 atom stereocenters. The first-order valence-corrected chi connectivity index (χ1v) is 7.69. The summed E-state index contributed by atoms with van der Waals surface area (Å²) in [5, 5.41) is 18.2. The molecular formula is C13H23N3OS. The van der Waals surface area contributed by atoms with Crippen molar-refractivity contribution >= 4 is 11.8 Å². The third-order valence-corrected chi connectivity index (χ3v) is 4.89. The molecule has 1 unspecified atom stereocenters. The van der Waals surface area contributed by atoms with Crippen LogP contribution < -0.4 is 5.32 Å². The average molecular weight is 269 g/mol. The highest BCUT2D eigenvalue weighted by molar-refractivity contribution is 7.99. The van der Waals surface area contributed by atoms with Gasteiger partial charge in [0.25, 0.3) is 0 Å². The van der Waals surface area contributed by atoms with Crippen LogP contribution >= 0.6 is 11.8 Å². The van der Waals surface area contributed by atoms with E-state index in [1.165, 1.54) is 11.3 Å². The van der Waals surface area contributed by atoms with Gasteiger partial charge in [0.15, 0.2) is 0 Å². The lowest BCUT2D eigenvalue weighted by Crippen LogP contribution is -2.44. The summed E-state index contributed by atoms with van der Waals surface area (Å²) < 4.78 is 1.89. The molecule has 0 bridgehead atoms. The van der Waals surface area contributed by atoms with Crippen LogP contribution in [0.3, 0.4) is 0 Å². The van der Waals surface area contributed by atoms with Crippen LogP contribution in [0.5, 0.6) is 0 Å². The lowest BCUT2D eigenvalue weighted by molar-refractivity contribution is 0.0300. The molecule has 2 rings (SSSR count). The zero-order chi connectivity index (χ0) is 13.2. The van der Waals surface area contributed by atoms with E-state index < -0.39 is 5.60 Å². The Hall–Kier alpha value is -0.520.